The monoisotopic (exact) mass is 461 g/mol. The topological polar surface area (TPSA) is 119 Å². The number of amides is 1. The Morgan fingerprint density at radius 2 is 1.79 bits per heavy atom. The summed E-state index contributed by atoms with van der Waals surface area (Å²) in [4.78, 5) is 51.9. The quantitative estimate of drug-likeness (QED) is 0.345. The highest BCUT2D eigenvalue weighted by Crippen LogP contribution is 2.31. The minimum Gasteiger partial charge on any atom is -0.466 e. The van der Waals surface area contributed by atoms with Crippen LogP contribution >= 0.6 is 0 Å². The average Bonchev–Trinajstić information content (AvgIpc) is 2.83. The molecule has 0 spiro atoms. The normalized spacial score (nSPS) is 17.9. The van der Waals surface area contributed by atoms with Crippen molar-refractivity contribution in [1.82, 2.24) is 4.90 Å². The van der Waals surface area contributed by atoms with E-state index in [4.69, 9.17) is 9.47 Å². The van der Waals surface area contributed by atoms with E-state index in [0.717, 1.165) is 32.4 Å². The summed E-state index contributed by atoms with van der Waals surface area (Å²) in [6, 6.07) is 4.29. The van der Waals surface area contributed by atoms with Crippen LogP contribution in [0.5, 0.6) is 0 Å². The van der Waals surface area contributed by atoms with Crippen LogP contribution in [0.25, 0.3) is 0 Å². The first-order chi connectivity index (χ1) is 15.8. The van der Waals surface area contributed by atoms with E-state index in [1.54, 1.807) is 17.9 Å². The zero-order valence-corrected chi connectivity index (χ0v) is 19.2. The van der Waals surface area contributed by atoms with E-state index in [1.807, 2.05) is 4.90 Å². The van der Waals surface area contributed by atoms with E-state index in [-0.39, 0.29) is 29.0 Å². The third-order valence-electron chi connectivity index (χ3n) is 6.16. The van der Waals surface area contributed by atoms with Crippen molar-refractivity contribution >= 4 is 29.2 Å². The molecule has 10 nitrogen and oxygen atoms in total. The minimum atomic E-state index is -1.04. The Morgan fingerprint density at radius 3 is 2.39 bits per heavy atom. The van der Waals surface area contributed by atoms with E-state index < -0.39 is 17.0 Å². The first-order valence-corrected chi connectivity index (χ1v) is 11.5. The lowest BCUT2D eigenvalue weighted by Gasteiger charge is -2.32. The fourth-order valence-corrected chi connectivity index (χ4v) is 4.33. The van der Waals surface area contributed by atoms with Crippen molar-refractivity contribution < 1.29 is 28.8 Å². The van der Waals surface area contributed by atoms with Gasteiger partial charge < -0.3 is 19.3 Å². The molecule has 0 aliphatic carbocycles. The second-order valence-corrected chi connectivity index (χ2v) is 8.41. The third kappa shape index (κ3) is 6.00. The van der Waals surface area contributed by atoms with E-state index >= 15 is 0 Å². The predicted molar refractivity (Wildman–Crippen MR) is 120 cm³/mol. The van der Waals surface area contributed by atoms with Crippen molar-refractivity contribution in [3.05, 3.63) is 33.9 Å². The molecule has 0 aromatic heterocycles. The van der Waals surface area contributed by atoms with E-state index in [9.17, 15) is 24.5 Å². The number of anilines is 1. The van der Waals surface area contributed by atoms with Gasteiger partial charge in [-0.15, -0.1) is 0 Å². The lowest BCUT2D eigenvalue weighted by atomic mass is 9.97. The van der Waals surface area contributed by atoms with Crippen molar-refractivity contribution in [1.29, 1.82) is 0 Å². The number of rotatable bonds is 7. The summed E-state index contributed by atoms with van der Waals surface area (Å²) < 4.78 is 10.4. The molecule has 2 saturated heterocycles. The summed E-state index contributed by atoms with van der Waals surface area (Å²) in [5.74, 6) is -1.62. The Balaban J connectivity index is 1.61. The zero-order chi connectivity index (χ0) is 24.0. The molecule has 0 N–H and O–H groups in total. The summed E-state index contributed by atoms with van der Waals surface area (Å²) in [6.45, 7) is 5.78. The Morgan fingerprint density at radius 1 is 1.12 bits per heavy atom. The predicted octanol–water partition coefficient (Wildman–Crippen LogP) is 2.93. The number of nitrogens with zero attached hydrogens (tertiary/aromatic N) is 3. The third-order valence-corrected chi connectivity index (χ3v) is 6.16. The molecule has 3 rings (SSSR count). The first kappa shape index (κ1) is 24.5. The number of esters is 2. The van der Waals surface area contributed by atoms with Gasteiger partial charge in [0, 0.05) is 32.2 Å². The first-order valence-electron chi connectivity index (χ1n) is 11.5. The highest BCUT2D eigenvalue weighted by Gasteiger charge is 2.32. The second kappa shape index (κ2) is 11.1. The van der Waals surface area contributed by atoms with Gasteiger partial charge in [-0.05, 0) is 58.1 Å². The second-order valence-electron chi connectivity index (χ2n) is 8.41. The molecule has 1 aromatic rings. The molecule has 33 heavy (non-hydrogen) atoms. The van der Waals surface area contributed by atoms with E-state index in [1.165, 1.54) is 19.1 Å². The number of carbonyl (C=O) groups excluding carboxylic acids is 3. The van der Waals surface area contributed by atoms with Crippen molar-refractivity contribution in [3.8, 4) is 0 Å². The summed E-state index contributed by atoms with van der Waals surface area (Å²) in [5, 5.41) is 11.6. The number of likely N-dealkylation sites (tertiary alicyclic amines) is 1. The molecular formula is C23H31N3O7. The minimum absolute atomic E-state index is 0.0307. The highest BCUT2D eigenvalue weighted by atomic mass is 16.6. The van der Waals surface area contributed by atoms with Crippen LogP contribution < -0.4 is 4.90 Å². The number of nitro benzene ring substituents is 1. The number of ether oxygens (including phenoxy) is 2. The highest BCUT2D eigenvalue weighted by molar-refractivity contribution is 5.93. The van der Waals surface area contributed by atoms with Gasteiger partial charge in [0.15, 0.2) is 6.10 Å². The van der Waals surface area contributed by atoms with Crippen LogP contribution in [0.15, 0.2) is 18.2 Å². The van der Waals surface area contributed by atoms with Crippen LogP contribution in [0.1, 0.15) is 56.3 Å². The van der Waals surface area contributed by atoms with Gasteiger partial charge in [-0.3, -0.25) is 19.7 Å². The average molecular weight is 462 g/mol. The van der Waals surface area contributed by atoms with Gasteiger partial charge >= 0.3 is 11.9 Å². The van der Waals surface area contributed by atoms with Gasteiger partial charge in [-0.25, -0.2) is 4.79 Å². The van der Waals surface area contributed by atoms with Crippen molar-refractivity contribution in [2.45, 2.75) is 52.1 Å². The zero-order valence-electron chi connectivity index (χ0n) is 19.2. The Kier molecular flexibility index (Phi) is 8.24. The Labute approximate surface area is 193 Å². The fourth-order valence-electron chi connectivity index (χ4n) is 4.33. The van der Waals surface area contributed by atoms with Crippen LogP contribution in [0.2, 0.25) is 0 Å². The Hall–Kier alpha value is -3.17. The molecule has 0 saturated carbocycles. The SMILES string of the molecule is CCOC(=O)C1CCN(C(=O)C(C)OC(=O)c2ccc(N3CCCCC3)c([N+](=O)[O-])c2)CC1. The molecule has 1 atom stereocenters. The van der Waals surface area contributed by atoms with Crippen LogP contribution in [0.4, 0.5) is 11.4 Å². The largest absolute Gasteiger partial charge is 0.466 e. The molecule has 2 heterocycles. The number of piperidine rings is 2. The van der Waals surface area contributed by atoms with Gasteiger partial charge in [0.25, 0.3) is 11.6 Å². The molecule has 1 unspecified atom stereocenters. The van der Waals surface area contributed by atoms with Gasteiger partial charge in [-0.2, -0.15) is 0 Å². The summed E-state index contributed by atoms with van der Waals surface area (Å²) in [5.41, 5.74) is 0.374. The number of carbonyl (C=O) groups is 3. The van der Waals surface area contributed by atoms with E-state index in [0.29, 0.717) is 38.2 Å². The van der Waals surface area contributed by atoms with Crippen molar-refractivity contribution in [2.75, 3.05) is 37.7 Å². The molecule has 0 radical (unpaired) electrons. The van der Waals surface area contributed by atoms with Gasteiger partial charge in [0.1, 0.15) is 5.69 Å². The fraction of sp³-hybridized carbons (Fsp3) is 0.609. The van der Waals surface area contributed by atoms with Gasteiger partial charge in [0.2, 0.25) is 0 Å². The summed E-state index contributed by atoms with van der Waals surface area (Å²) in [6.07, 6.45) is 2.98. The van der Waals surface area contributed by atoms with E-state index in [2.05, 4.69) is 0 Å². The van der Waals surface area contributed by atoms with Crippen LogP contribution in [0, 0.1) is 16.0 Å². The molecule has 10 heteroatoms. The molecule has 2 aliphatic heterocycles. The molecule has 2 fully saturated rings. The Bertz CT molecular complexity index is 890. The summed E-state index contributed by atoms with van der Waals surface area (Å²) >= 11 is 0. The molecular weight excluding hydrogens is 430 g/mol. The molecule has 1 aromatic carbocycles. The maximum Gasteiger partial charge on any atom is 0.339 e. The van der Waals surface area contributed by atoms with Crippen LogP contribution in [-0.4, -0.2) is 66.6 Å². The molecule has 180 valence electrons. The maximum atomic E-state index is 12.7. The number of benzene rings is 1. The van der Waals surface area contributed by atoms with Crippen LogP contribution in [-0.2, 0) is 19.1 Å². The van der Waals surface area contributed by atoms with Gasteiger partial charge in [-0.1, -0.05) is 0 Å². The molecule has 1 amide bonds. The van der Waals surface area contributed by atoms with Crippen LogP contribution in [0.3, 0.4) is 0 Å². The molecule has 0 bridgehead atoms. The lowest BCUT2D eigenvalue weighted by molar-refractivity contribution is -0.384. The van der Waals surface area contributed by atoms with Crippen molar-refractivity contribution in [2.24, 2.45) is 5.92 Å². The van der Waals surface area contributed by atoms with Crippen molar-refractivity contribution in [3.63, 3.8) is 0 Å². The lowest BCUT2D eigenvalue weighted by Crippen LogP contribution is -2.45. The van der Waals surface area contributed by atoms with Gasteiger partial charge in [0.05, 0.1) is 23.0 Å². The molecule has 2 aliphatic rings. The number of hydrogen-bond acceptors (Lipinski definition) is 8. The summed E-state index contributed by atoms with van der Waals surface area (Å²) in [7, 11) is 0. The maximum absolute atomic E-state index is 12.7. The number of hydrogen-bond donors (Lipinski definition) is 0. The standard InChI is InChI=1S/C23H31N3O7/c1-3-32-22(28)17-9-13-25(14-10-17)21(27)16(2)33-23(29)18-7-8-19(20(15-18)26(30)31)24-11-5-4-6-12-24/h7-8,15-17H,3-6,9-14H2,1-2H3. The smallest absolute Gasteiger partial charge is 0.339 e. The number of nitro groups is 1.